The standard InChI is InChI=1S/C17H21FN4O/c1-17(2,13-5-7-14(18)8-6-13)16(23)19-9-10-22-11-20-21-15(22)12-3-4-12/h5-8,11-12H,3-4,9-10H2,1-2H3,(H,19,23). The fourth-order valence-electron chi connectivity index (χ4n) is 2.60. The molecule has 1 saturated carbocycles. The van der Waals surface area contributed by atoms with E-state index in [1.807, 2.05) is 18.4 Å². The molecule has 1 aromatic heterocycles. The number of carbonyl (C=O) groups excluding carboxylic acids is 1. The Bertz CT molecular complexity index is 689. The van der Waals surface area contributed by atoms with E-state index in [1.54, 1.807) is 18.5 Å². The maximum atomic E-state index is 13.0. The van der Waals surface area contributed by atoms with Crippen molar-refractivity contribution in [3.63, 3.8) is 0 Å². The largest absolute Gasteiger partial charge is 0.354 e. The van der Waals surface area contributed by atoms with Crippen LogP contribution in [0.5, 0.6) is 0 Å². The Balaban J connectivity index is 1.57. The summed E-state index contributed by atoms with van der Waals surface area (Å²) in [7, 11) is 0. The van der Waals surface area contributed by atoms with Gasteiger partial charge in [-0.15, -0.1) is 10.2 Å². The van der Waals surface area contributed by atoms with E-state index in [2.05, 4.69) is 15.5 Å². The second-order valence-corrected chi connectivity index (χ2v) is 6.54. The van der Waals surface area contributed by atoms with Gasteiger partial charge in [-0.1, -0.05) is 12.1 Å². The Morgan fingerprint density at radius 1 is 1.35 bits per heavy atom. The van der Waals surface area contributed by atoms with Gasteiger partial charge >= 0.3 is 0 Å². The molecule has 5 nitrogen and oxygen atoms in total. The van der Waals surface area contributed by atoms with Crippen molar-refractivity contribution in [3.8, 4) is 0 Å². The third-order valence-electron chi connectivity index (χ3n) is 4.36. The summed E-state index contributed by atoms with van der Waals surface area (Å²) in [5.41, 5.74) is 0.0830. The molecular formula is C17H21FN4O. The Morgan fingerprint density at radius 3 is 2.70 bits per heavy atom. The van der Waals surface area contributed by atoms with Crippen molar-refractivity contribution in [1.82, 2.24) is 20.1 Å². The van der Waals surface area contributed by atoms with Crippen molar-refractivity contribution in [2.45, 2.75) is 44.6 Å². The number of nitrogens with zero attached hydrogens (tertiary/aromatic N) is 3. The Hall–Kier alpha value is -2.24. The molecular weight excluding hydrogens is 295 g/mol. The van der Waals surface area contributed by atoms with E-state index in [9.17, 15) is 9.18 Å². The molecule has 1 N–H and O–H groups in total. The third kappa shape index (κ3) is 3.41. The second-order valence-electron chi connectivity index (χ2n) is 6.54. The minimum absolute atomic E-state index is 0.0786. The van der Waals surface area contributed by atoms with Crippen molar-refractivity contribution >= 4 is 5.91 Å². The average molecular weight is 316 g/mol. The average Bonchev–Trinajstić information content (AvgIpc) is 3.27. The second kappa shape index (κ2) is 6.10. The number of aromatic nitrogens is 3. The van der Waals surface area contributed by atoms with Gasteiger partial charge in [0.25, 0.3) is 0 Å². The number of hydrogen-bond donors (Lipinski definition) is 1. The summed E-state index contributed by atoms with van der Waals surface area (Å²) in [5, 5.41) is 11.0. The number of halogens is 1. The first-order chi connectivity index (χ1) is 11.0. The van der Waals surface area contributed by atoms with E-state index in [4.69, 9.17) is 0 Å². The van der Waals surface area contributed by atoms with Gasteiger partial charge in [0.05, 0.1) is 5.41 Å². The molecule has 0 spiro atoms. The number of hydrogen-bond acceptors (Lipinski definition) is 3. The number of rotatable bonds is 6. The van der Waals surface area contributed by atoms with Crippen LogP contribution in [-0.4, -0.2) is 27.2 Å². The maximum Gasteiger partial charge on any atom is 0.230 e. The zero-order valence-corrected chi connectivity index (χ0v) is 13.4. The molecule has 0 aliphatic heterocycles. The summed E-state index contributed by atoms with van der Waals surface area (Å²) in [6, 6.07) is 6.06. The van der Waals surface area contributed by atoms with Crippen LogP contribution in [0, 0.1) is 5.82 Å². The van der Waals surface area contributed by atoms with E-state index >= 15 is 0 Å². The lowest BCUT2D eigenvalue weighted by Crippen LogP contribution is -2.41. The Morgan fingerprint density at radius 2 is 2.04 bits per heavy atom. The molecule has 6 heteroatoms. The SMILES string of the molecule is CC(C)(C(=O)NCCn1cnnc1C1CC1)c1ccc(F)cc1. The smallest absolute Gasteiger partial charge is 0.230 e. The van der Waals surface area contributed by atoms with Crippen LogP contribution in [0.25, 0.3) is 0 Å². The summed E-state index contributed by atoms with van der Waals surface area (Å²) in [5.74, 6) is 1.16. The fraction of sp³-hybridized carbons (Fsp3) is 0.471. The highest BCUT2D eigenvalue weighted by atomic mass is 19.1. The Labute approximate surface area is 134 Å². The summed E-state index contributed by atoms with van der Waals surface area (Å²) >= 11 is 0. The van der Waals surface area contributed by atoms with E-state index in [0.29, 0.717) is 19.0 Å². The molecule has 122 valence electrons. The highest BCUT2D eigenvalue weighted by molar-refractivity contribution is 5.87. The van der Waals surface area contributed by atoms with Gasteiger partial charge in [0, 0.05) is 19.0 Å². The predicted molar refractivity (Wildman–Crippen MR) is 84.4 cm³/mol. The van der Waals surface area contributed by atoms with Gasteiger partial charge in [0.15, 0.2) is 0 Å². The molecule has 1 aliphatic rings. The van der Waals surface area contributed by atoms with Crippen LogP contribution in [0.4, 0.5) is 4.39 Å². The third-order valence-corrected chi connectivity index (χ3v) is 4.36. The molecule has 1 heterocycles. The van der Waals surface area contributed by atoms with Crippen molar-refractivity contribution in [2.75, 3.05) is 6.54 Å². The van der Waals surface area contributed by atoms with Crippen molar-refractivity contribution in [2.24, 2.45) is 0 Å². The van der Waals surface area contributed by atoms with Gasteiger partial charge in [-0.2, -0.15) is 0 Å². The molecule has 23 heavy (non-hydrogen) atoms. The van der Waals surface area contributed by atoms with Crippen molar-refractivity contribution in [3.05, 3.63) is 47.8 Å². The molecule has 1 fully saturated rings. The van der Waals surface area contributed by atoms with E-state index in [0.717, 1.165) is 11.4 Å². The molecule has 2 aromatic rings. The fourth-order valence-corrected chi connectivity index (χ4v) is 2.60. The number of benzene rings is 1. The van der Waals surface area contributed by atoms with Gasteiger partial charge in [-0.05, 0) is 44.4 Å². The lowest BCUT2D eigenvalue weighted by atomic mass is 9.84. The molecule has 0 bridgehead atoms. The predicted octanol–water partition coefficient (Wildman–Crippen LogP) is 2.39. The van der Waals surface area contributed by atoms with E-state index in [-0.39, 0.29) is 11.7 Å². The van der Waals surface area contributed by atoms with Crippen LogP contribution in [0.1, 0.15) is 44.0 Å². The summed E-state index contributed by atoms with van der Waals surface area (Å²) in [4.78, 5) is 12.5. The topological polar surface area (TPSA) is 59.8 Å². The van der Waals surface area contributed by atoms with Crippen LogP contribution in [0.3, 0.4) is 0 Å². The van der Waals surface area contributed by atoms with Crippen molar-refractivity contribution < 1.29 is 9.18 Å². The van der Waals surface area contributed by atoms with Crippen LogP contribution < -0.4 is 5.32 Å². The molecule has 0 atom stereocenters. The van der Waals surface area contributed by atoms with Crippen LogP contribution >= 0.6 is 0 Å². The van der Waals surface area contributed by atoms with Crippen molar-refractivity contribution in [1.29, 1.82) is 0 Å². The number of nitrogens with one attached hydrogen (secondary N) is 1. The van der Waals surface area contributed by atoms with Crippen LogP contribution in [0.2, 0.25) is 0 Å². The van der Waals surface area contributed by atoms with Crippen LogP contribution in [-0.2, 0) is 16.8 Å². The minimum Gasteiger partial charge on any atom is -0.354 e. The highest BCUT2D eigenvalue weighted by Gasteiger charge is 2.30. The molecule has 1 amide bonds. The summed E-state index contributed by atoms with van der Waals surface area (Å²) in [6.45, 7) is 4.85. The maximum absolute atomic E-state index is 13.0. The zero-order chi connectivity index (χ0) is 16.4. The monoisotopic (exact) mass is 316 g/mol. The molecule has 0 saturated heterocycles. The number of carbonyl (C=O) groups is 1. The normalized spacial score (nSPS) is 14.7. The quantitative estimate of drug-likeness (QED) is 0.890. The first kappa shape index (κ1) is 15.6. The van der Waals surface area contributed by atoms with Crippen LogP contribution in [0.15, 0.2) is 30.6 Å². The van der Waals surface area contributed by atoms with Gasteiger partial charge in [-0.25, -0.2) is 4.39 Å². The summed E-state index contributed by atoms with van der Waals surface area (Å²) in [6.07, 6.45) is 4.05. The lowest BCUT2D eigenvalue weighted by Gasteiger charge is -2.24. The zero-order valence-electron chi connectivity index (χ0n) is 13.4. The molecule has 0 unspecified atom stereocenters. The summed E-state index contributed by atoms with van der Waals surface area (Å²) < 4.78 is 15.0. The van der Waals surface area contributed by atoms with Gasteiger partial charge in [0.1, 0.15) is 18.0 Å². The highest BCUT2D eigenvalue weighted by Crippen LogP contribution is 2.38. The Kier molecular flexibility index (Phi) is 4.15. The van der Waals surface area contributed by atoms with E-state index in [1.165, 1.54) is 25.0 Å². The minimum atomic E-state index is -0.708. The molecule has 1 aromatic carbocycles. The first-order valence-electron chi connectivity index (χ1n) is 7.90. The van der Waals surface area contributed by atoms with E-state index < -0.39 is 5.41 Å². The molecule has 0 radical (unpaired) electrons. The molecule has 3 rings (SSSR count). The lowest BCUT2D eigenvalue weighted by molar-refractivity contribution is -0.125. The van der Waals surface area contributed by atoms with Gasteiger partial charge in [-0.3, -0.25) is 4.79 Å². The first-order valence-corrected chi connectivity index (χ1v) is 7.90. The molecule has 1 aliphatic carbocycles. The number of amides is 1. The van der Waals surface area contributed by atoms with Gasteiger partial charge in [0.2, 0.25) is 5.91 Å². The van der Waals surface area contributed by atoms with Gasteiger partial charge < -0.3 is 9.88 Å².